The molecular weight excluding hydrogens is 242 g/mol. The van der Waals surface area contributed by atoms with Crippen LogP contribution in [0.1, 0.15) is 55.2 Å². The lowest BCUT2D eigenvalue weighted by Crippen LogP contribution is -2.03. The maximum absolute atomic E-state index is 3.58. The molecule has 1 saturated carbocycles. The van der Waals surface area contributed by atoms with Crippen LogP contribution in [0.3, 0.4) is 0 Å². The number of anilines is 1. The Morgan fingerprint density at radius 1 is 1.00 bits per heavy atom. The molecule has 0 spiro atoms. The quantitative estimate of drug-likeness (QED) is 0.773. The van der Waals surface area contributed by atoms with Gasteiger partial charge in [0.15, 0.2) is 0 Å². The molecule has 0 bridgehead atoms. The molecule has 0 unspecified atom stereocenters. The van der Waals surface area contributed by atoms with Crippen molar-refractivity contribution in [1.29, 1.82) is 0 Å². The third-order valence-corrected chi connectivity index (χ3v) is 4.09. The van der Waals surface area contributed by atoms with Crippen LogP contribution in [0, 0.1) is 0 Å². The first-order valence-electron chi connectivity index (χ1n) is 7.65. The van der Waals surface area contributed by atoms with Gasteiger partial charge in [-0.05, 0) is 47.4 Å². The molecule has 1 heteroatoms. The van der Waals surface area contributed by atoms with Crippen LogP contribution >= 0.6 is 0 Å². The Balaban J connectivity index is 1.66. The molecule has 0 heterocycles. The fraction of sp³-hybridized carbons (Fsp3) is 0.368. The Morgan fingerprint density at radius 2 is 1.70 bits per heavy atom. The first-order chi connectivity index (χ1) is 9.74. The maximum Gasteiger partial charge on any atom is 0.0400 e. The van der Waals surface area contributed by atoms with Gasteiger partial charge in [-0.1, -0.05) is 56.3 Å². The summed E-state index contributed by atoms with van der Waals surface area (Å²) in [5.74, 6) is 1.40. The first kappa shape index (κ1) is 13.2. The third kappa shape index (κ3) is 3.04. The summed E-state index contributed by atoms with van der Waals surface area (Å²) in [5, 5.41) is 3.58. The van der Waals surface area contributed by atoms with Crippen molar-refractivity contribution in [3.63, 3.8) is 0 Å². The number of hydrogen-bond acceptors (Lipinski definition) is 1. The Morgan fingerprint density at radius 3 is 2.35 bits per heavy atom. The Kier molecular flexibility index (Phi) is 3.77. The first-order valence-corrected chi connectivity index (χ1v) is 7.65. The normalized spacial score (nSPS) is 14.6. The molecule has 2 aromatic rings. The molecule has 0 aromatic heterocycles. The molecule has 0 radical (unpaired) electrons. The van der Waals surface area contributed by atoms with E-state index in [9.17, 15) is 0 Å². The van der Waals surface area contributed by atoms with Crippen LogP contribution in [-0.2, 0) is 6.54 Å². The summed E-state index contributed by atoms with van der Waals surface area (Å²) < 4.78 is 0. The van der Waals surface area contributed by atoms with Crippen molar-refractivity contribution in [3.8, 4) is 0 Å². The van der Waals surface area contributed by atoms with Crippen molar-refractivity contribution < 1.29 is 0 Å². The van der Waals surface area contributed by atoms with E-state index in [1.165, 1.54) is 35.2 Å². The van der Waals surface area contributed by atoms with Gasteiger partial charge >= 0.3 is 0 Å². The highest BCUT2D eigenvalue weighted by atomic mass is 14.9. The van der Waals surface area contributed by atoms with Crippen molar-refractivity contribution in [2.45, 2.75) is 45.1 Å². The number of nitrogens with one attached hydrogen (secondary N) is 1. The Bertz CT molecular complexity index is 565. The van der Waals surface area contributed by atoms with Crippen molar-refractivity contribution in [2.75, 3.05) is 5.32 Å². The van der Waals surface area contributed by atoms with Crippen LogP contribution in [-0.4, -0.2) is 0 Å². The van der Waals surface area contributed by atoms with Gasteiger partial charge in [0.25, 0.3) is 0 Å². The van der Waals surface area contributed by atoms with Crippen LogP contribution < -0.4 is 5.32 Å². The van der Waals surface area contributed by atoms with Gasteiger partial charge in [0.1, 0.15) is 0 Å². The van der Waals surface area contributed by atoms with Crippen LogP contribution in [0.15, 0.2) is 48.5 Å². The van der Waals surface area contributed by atoms with Gasteiger partial charge in [-0.2, -0.15) is 0 Å². The van der Waals surface area contributed by atoms with E-state index in [1.54, 1.807) is 0 Å². The second-order valence-electron chi connectivity index (χ2n) is 6.11. The molecule has 0 amide bonds. The highest BCUT2D eigenvalue weighted by Gasteiger charge is 2.22. The average molecular weight is 265 g/mol. The van der Waals surface area contributed by atoms with Gasteiger partial charge in [-0.25, -0.2) is 0 Å². The van der Waals surface area contributed by atoms with Crippen molar-refractivity contribution in [1.82, 2.24) is 0 Å². The van der Waals surface area contributed by atoms with Crippen LogP contribution in [0.4, 0.5) is 5.69 Å². The molecule has 1 nitrogen and oxygen atoms in total. The molecule has 1 aliphatic rings. The average Bonchev–Trinajstić information content (AvgIpc) is 3.30. The summed E-state index contributed by atoms with van der Waals surface area (Å²) in [7, 11) is 0. The molecule has 2 aromatic carbocycles. The van der Waals surface area contributed by atoms with Crippen molar-refractivity contribution >= 4 is 5.69 Å². The van der Waals surface area contributed by atoms with E-state index in [2.05, 4.69) is 67.7 Å². The monoisotopic (exact) mass is 265 g/mol. The molecule has 1 fully saturated rings. The van der Waals surface area contributed by atoms with E-state index >= 15 is 0 Å². The van der Waals surface area contributed by atoms with E-state index in [-0.39, 0.29) is 0 Å². The highest BCUT2D eigenvalue weighted by Crippen LogP contribution is 2.39. The topological polar surface area (TPSA) is 12.0 Å². The number of rotatable bonds is 5. The van der Waals surface area contributed by atoms with Gasteiger partial charge < -0.3 is 5.32 Å². The molecule has 1 N–H and O–H groups in total. The summed E-state index contributed by atoms with van der Waals surface area (Å²) in [5.41, 5.74) is 5.51. The highest BCUT2D eigenvalue weighted by molar-refractivity contribution is 5.52. The van der Waals surface area contributed by atoms with E-state index in [1.807, 2.05) is 0 Å². The summed E-state index contributed by atoms with van der Waals surface area (Å²) >= 11 is 0. The van der Waals surface area contributed by atoms with Gasteiger partial charge in [-0.3, -0.25) is 0 Å². The largest absolute Gasteiger partial charge is 0.381 e. The van der Waals surface area contributed by atoms with Crippen LogP contribution in [0.2, 0.25) is 0 Å². The summed E-state index contributed by atoms with van der Waals surface area (Å²) in [4.78, 5) is 0. The van der Waals surface area contributed by atoms with E-state index in [0.717, 1.165) is 12.5 Å². The standard InChI is InChI=1S/C19H23N/c1-14(2)18-5-3-4-6-19(18)20-13-15-7-9-16(10-8-15)17-11-12-17/h3-10,14,17,20H,11-13H2,1-2H3. The lowest BCUT2D eigenvalue weighted by Gasteiger charge is -2.14. The second kappa shape index (κ2) is 5.70. The van der Waals surface area contributed by atoms with E-state index < -0.39 is 0 Å². The predicted octanol–water partition coefficient (Wildman–Crippen LogP) is 5.30. The molecule has 1 aliphatic carbocycles. The van der Waals surface area contributed by atoms with Crippen LogP contribution in [0.25, 0.3) is 0 Å². The zero-order chi connectivity index (χ0) is 13.9. The van der Waals surface area contributed by atoms with E-state index in [0.29, 0.717) is 5.92 Å². The second-order valence-corrected chi connectivity index (χ2v) is 6.11. The molecular formula is C19H23N. The maximum atomic E-state index is 3.58. The van der Waals surface area contributed by atoms with Crippen molar-refractivity contribution in [3.05, 3.63) is 65.2 Å². The number of para-hydroxylation sites is 1. The third-order valence-electron chi connectivity index (χ3n) is 4.09. The lowest BCUT2D eigenvalue weighted by molar-refractivity contribution is 0.865. The summed E-state index contributed by atoms with van der Waals surface area (Å²) in [6.07, 6.45) is 2.75. The minimum atomic E-state index is 0.552. The molecule has 104 valence electrons. The fourth-order valence-corrected chi connectivity index (χ4v) is 2.68. The molecule has 0 atom stereocenters. The lowest BCUT2D eigenvalue weighted by atomic mass is 10.0. The van der Waals surface area contributed by atoms with Gasteiger partial charge in [0, 0.05) is 12.2 Å². The van der Waals surface area contributed by atoms with Gasteiger partial charge in [-0.15, -0.1) is 0 Å². The number of hydrogen-bond donors (Lipinski definition) is 1. The SMILES string of the molecule is CC(C)c1ccccc1NCc1ccc(C2CC2)cc1. The zero-order valence-corrected chi connectivity index (χ0v) is 12.4. The molecule has 20 heavy (non-hydrogen) atoms. The zero-order valence-electron chi connectivity index (χ0n) is 12.4. The fourth-order valence-electron chi connectivity index (χ4n) is 2.68. The smallest absolute Gasteiger partial charge is 0.0400 e. The van der Waals surface area contributed by atoms with Gasteiger partial charge in [0.2, 0.25) is 0 Å². The van der Waals surface area contributed by atoms with E-state index in [4.69, 9.17) is 0 Å². The Labute approximate surface area is 122 Å². The molecule has 0 aliphatic heterocycles. The van der Waals surface area contributed by atoms with Crippen LogP contribution in [0.5, 0.6) is 0 Å². The molecule has 3 rings (SSSR count). The van der Waals surface area contributed by atoms with Crippen molar-refractivity contribution in [2.24, 2.45) is 0 Å². The predicted molar refractivity (Wildman–Crippen MR) is 86.3 cm³/mol. The summed E-state index contributed by atoms with van der Waals surface area (Å²) in [6.45, 7) is 5.38. The summed E-state index contributed by atoms with van der Waals surface area (Å²) in [6, 6.07) is 17.7. The Hall–Kier alpha value is -1.76. The molecule has 0 saturated heterocycles. The minimum Gasteiger partial charge on any atom is -0.381 e. The minimum absolute atomic E-state index is 0.552. The number of benzene rings is 2. The van der Waals surface area contributed by atoms with Gasteiger partial charge in [0.05, 0.1) is 0 Å².